The van der Waals surface area contributed by atoms with Gasteiger partial charge in [-0.3, -0.25) is 15.0 Å². The first-order chi connectivity index (χ1) is 13.4. The second kappa shape index (κ2) is 8.65. The van der Waals surface area contributed by atoms with Gasteiger partial charge in [0.1, 0.15) is 18.4 Å². The van der Waals surface area contributed by atoms with Crippen LogP contribution in [0.25, 0.3) is 0 Å². The standard InChI is InChI=1S/C18H21N3O6S/c22-14-4-9-17(18(23)20-24)21(11-14)28(25,26)16-7-5-15(6-8-16)27-12-13-3-1-2-10-19-13/h1-3,5-8,10,14,17,22,24H,4,9,11-12H2,(H,20,23)/t14-,17-/m1/s1. The van der Waals surface area contributed by atoms with Crippen LogP contribution < -0.4 is 10.2 Å². The van der Waals surface area contributed by atoms with Gasteiger partial charge >= 0.3 is 0 Å². The molecule has 3 rings (SSSR count). The molecule has 150 valence electrons. The van der Waals surface area contributed by atoms with E-state index < -0.39 is 28.1 Å². The summed E-state index contributed by atoms with van der Waals surface area (Å²) in [6.07, 6.45) is 1.15. The molecule has 0 bridgehead atoms. The molecule has 1 aromatic heterocycles. The second-order valence-corrected chi connectivity index (χ2v) is 8.27. The van der Waals surface area contributed by atoms with Gasteiger partial charge in [-0.2, -0.15) is 4.31 Å². The minimum absolute atomic E-state index is 0.0393. The van der Waals surface area contributed by atoms with E-state index in [1.54, 1.807) is 12.3 Å². The predicted octanol–water partition coefficient (Wildman–Crippen LogP) is 0.680. The highest BCUT2D eigenvalue weighted by Crippen LogP contribution is 2.27. The van der Waals surface area contributed by atoms with Crippen molar-refractivity contribution >= 4 is 15.9 Å². The molecule has 0 radical (unpaired) electrons. The number of pyridine rings is 1. The zero-order valence-electron chi connectivity index (χ0n) is 14.9. The normalized spacial score (nSPS) is 20.5. The molecule has 1 fully saturated rings. The third kappa shape index (κ3) is 4.47. The first kappa shape index (κ1) is 20.2. The highest BCUT2D eigenvalue weighted by molar-refractivity contribution is 7.89. The zero-order valence-corrected chi connectivity index (χ0v) is 15.7. The van der Waals surface area contributed by atoms with Crippen molar-refractivity contribution in [1.29, 1.82) is 0 Å². The number of hydrogen-bond donors (Lipinski definition) is 3. The number of nitrogens with one attached hydrogen (secondary N) is 1. The van der Waals surface area contributed by atoms with Crippen molar-refractivity contribution in [1.82, 2.24) is 14.8 Å². The van der Waals surface area contributed by atoms with E-state index in [-0.39, 0.29) is 30.9 Å². The molecule has 10 heteroatoms. The molecule has 1 aromatic carbocycles. The molecule has 2 aromatic rings. The summed E-state index contributed by atoms with van der Waals surface area (Å²) in [5.74, 6) is -0.362. The Morgan fingerprint density at radius 1 is 1.21 bits per heavy atom. The van der Waals surface area contributed by atoms with Crippen molar-refractivity contribution in [3.8, 4) is 5.75 Å². The fraction of sp³-hybridized carbons (Fsp3) is 0.333. The van der Waals surface area contributed by atoms with Crippen LogP contribution in [-0.4, -0.2) is 52.6 Å². The number of hydrogen-bond acceptors (Lipinski definition) is 7. The second-order valence-electron chi connectivity index (χ2n) is 6.38. The lowest BCUT2D eigenvalue weighted by Gasteiger charge is -2.35. The average molecular weight is 407 g/mol. The van der Waals surface area contributed by atoms with E-state index in [1.165, 1.54) is 29.7 Å². The number of hydroxylamine groups is 1. The van der Waals surface area contributed by atoms with E-state index in [4.69, 9.17) is 9.94 Å². The summed E-state index contributed by atoms with van der Waals surface area (Å²) in [4.78, 5) is 16.0. The van der Waals surface area contributed by atoms with Crippen molar-refractivity contribution in [2.24, 2.45) is 0 Å². The Balaban J connectivity index is 1.76. The molecule has 1 aliphatic rings. The number of amides is 1. The third-order valence-electron chi connectivity index (χ3n) is 4.47. The van der Waals surface area contributed by atoms with Gasteiger partial charge in [-0.15, -0.1) is 0 Å². The van der Waals surface area contributed by atoms with E-state index >= 15 is 0 Å². The number of carbonyl (C=O) groups excluding carboxylic acids is 1. The molecule has 0 unspecified atom stereocenters. The fourth-order valence-corrected chi connectivity index (χ4v) is 4.66. The van der Waals surface area contributed by atoms with E-state index in [0.29, 0.717) is 5.75 Å². The maximum Gasteiger partial charge on any atom is 0.261 e. The van der Waals surface area contributed by atoms with Gasteiger partial charge in [-0.1, -0.05) is 6.07 Å². The van der Waals surface area contributed by atoms with Gasteiger partial charge < -0.3 is 9.84 Å². The molecular weight excluding hydrogens is 386 g/mol. The number of piperidine rings is 1. The Kier molecular flexibility index (Phi) is 6.25. The maximum atomic E-state index is 13.0. The summed E-state index contributed by atoms with van der Waals surface area (Å²) in [6.45, 7) is 0.0162. The lowest BCUT2D eigenvalue weighted by Crippen LogP contribution is -2.54. The zero-order chi connectivity index (χ0) is 20.1. The van der Waals surface area contributed by atoms with Crippen LogP contribution in [0.1, 0.15) is 18.5 Å². The van der Waals surface area contributed by atoms with Crippen molar-refractivity contribution < 1.29 is 28.3 Å². The van der Waals surface area contributed by atoms with Gasteiger partial charge in [0.25, 0.3) is 5.91 Å². The van der Waals surface area contributed by atoms with Gasteiger partial charge in [-0.25, -0.2) is 13.9 Å². The Labute approximate surface area is 162 Å². The molecule has 2 heterocycles. The molecule has 0 spiro atoms. The lowest BCUT2D eigenvalue weighted by molar-refractivity contribution is -0.135. The molecule has 0 aliphatic carbocycles. The Morgan fingerprint density at radius 2 is 1.96 bits per heavy atom. The molecule has 1 aliphatic heterocycles. The first-order valence-electron chi connectivity index (χ1n) is 8.68. The fourth-order valence-electron chi connectivity index (χ4n) is 3.01. The van der Waals surface area contributed by atoms with Gasteiger partial charge in [-0.05, 0) is 49.2 Å². The lowest BCUT2D eigenvalue weighted by atomic mass is 10.0. The number of rotatable bonds is 6. The van der Waals surface area contributed by atoms with Gasteiger partial charge in [0.15, 0.2) is 0 Å². The summed E-state index contributed by atoms with van der Waals surface area (Å²) in [5, 5.41) is 18.7. The molecule has 3 N–H and O–H groups in total. The van der Waals surface area contributed by atoms with Crippen LogP contribution >= 0.6 is 0 Å². The van der Waals surface area contributed by atoms with E-state index in [9.17, 15) is 18.3 Å². The number of sulfonamides is 1. The number of nitrogens with zero attached hydrogens (tertiary/aromatic N) is 2. The molecule has 1 amide bonds. The maximum absolute atomic E-state index is 13.0. The molecule has 1 saturated heterocycles. The monoisotopic (exact) mass is 407 g/mol. The Morgan fingerprint density at radius 3 is 2.61 bits per heavy atom. The van der Waals surface area contributed by atoms with Gasteiger partial charge in [0.2, 0.25) is 10.0 Å². The molecule has 28 heavy (non-hydrogen) atoms. The Hall–Kier alpha value is -2.53. The van der Waals surface area contributed by atoms with Crippen LogP contribution in [0.15, 0.2) is 53.6 Å². The molecule has 0 saturated carbocycles. The summed E-state index contributed by atoms with van der Waals surface area (Å²) in [5.41, 5.74) is 2.23. The van der Waals surface area contributed by atoms with E-state index in [2.05, 4.69) is 4.98 Å². The van der Waals surface area contributed by atoms with Gasteiger partial charge in [0.05, 0.1) is 16.7 Å². The summed E-state index contributed by atoms with van der Waals surface area (Å²) in [7, 11) is -4.05. The number of aliphatic hydroxyl groups excluding tert-OH is 1. The highest BCUT2D eigenvalue weighted by atomic mass is 32.2. The van der Waals surface area contributed by atoms with Crippen molar-refractivity contribution in [3.05, 3.63) is 54.4 Å². The smallest absolute Gasteiger partial charge is 0.261 e. The average Bonchev–Trinajstić information content (AvgIpc) is 2.72. The number of aliphatic hydroxyl groups is 1. The Bertz CT molecular complexity index is 905. The van der Waals surface area contributed by atoms with Crippen LogP contribution in [0.4, 0.5) is 0 Å². The largest absolute Gasteiger partial charge is 0.487 e. The summed E-state index contributed by atoms with van der Waals surface area (Å²) in [6, 6.07) is 10.1. The SMILES string of the molecule is O=C(NO)[C@H]1CC[C@@H](O)CN1S(=O)(=O)c1ccc(OCc2ccccn2)cc1. The number of ether oxygens (including phenoxy) is 1. The number of carbonyl (C=O) groups is 1. The van der Waals surface area contributed by atoms with Crippen molar-refractivity contribution in [2.75, 3.05) is 6.54 Å². The van der Waals surface area contributed by atoms with Crippen LogP contribution in [0.2, 0.25) is 0 Å². The van der Waals surface area contributed by atoms with Crippen molar-refractivity contribution in [3.63, 3.8) is 0 Å². The number of β-amino-alcohol motifs (C(OH)–C–C–N with tert-alkyl or cyclic N) is 1. The van der Waals surface area contributed by atoms with E-state index in [0.717, 1.165) is 10.00 Å². The molecular formula is C18H21N3O6S. The van der Waals surface area contributed by atoms with Crippen LogP contribution in [-0.2, 0) is 21.4 Å². The topological polar surface area (TPSA) is 129 Å². The minimum atomic E-state index is -4.05. The highest BCUT2D eigenvalue weighted by Gasteiger charge is 2.40. The van der Waals surface area contributed by atoms with Crippen molar-refractivity contribution in [2.45, 2.75) is 36.5 Å². The first-order valence-corrected chi connectivity index (χ1v) is 10.1. The van der Waals surface area contributed by atoms with Crippen LogP contribution in [0.5, 0.6) is 5.75 Å². The van der Waals surface area contributed by atoms with Crippen LogP contribution in [0.3, 0.4) is 0 Å². The van der Waals surface area contributed by atoms with Gasteiger partial charge in [0, 0.05) is 12.7 Å². The number of benzene rings is 1. The molecule has 2 atom stereocenters. The summed E-state index contributed by atoms with van der Waals surface area (Å²) >= 11 is 0. The molecule has 9 nitrogen and oxygen atoms in total. The quantitative estimate of drug-likeness (QED) is 0.474. The third-order valence-corrected chi connectivity index (χ3v) is 6.36. The van der Waals surface area contributed by atoms with E-state index in [1.807, 2.05) is 12.1 Å². The van der Waals surface area contributed by atoms with Crippen LogP contribution in [0, 0.1) is 0 Å². The summed E-state index contributed by atoms with van der Waals surface area (Å²) < 4.78 is 32.4. The number of aromatic nitrogens is 1. The minimum Gasteiger partial charge on any atom is -0.487 e. The predicted molar refractivity (Wildman–Crippen MR) is 97.9 cm³/mol.